The Balaban J connectivity index is 2.51. The van der Waals surface area contributed by atoms with E-state index < -0.39 is 11.7 Å². The minimum atomic E-state index is -0.516. The molecular weight excluding hydrogens is 318 g/mol. The van der Waals surface area contributed by atoms with Crippen molar-refractivity contribution in [2.24, 2.45) is 0 Å². The van der Waals surface area contributed by atoms with Gasteiger partial charge in [0.05, 0.1) is 11.3 Å². The number of alkyl halides is 1. The number of amides is 1. The lowest BCUT2D eigenvalue weighted by Crippen LogP contribution is -2.32. The number of benzene rings is 1. The fourth-order valence-electron chi connectivity index (χ4n) is 2.02. The van der Waals surface area contributed by atoms with Crippen molar-refractivity contribution in [2.75, 3.05) is 17.3 Å². The number of aryl methyl sites for hydroxylation is 1. The Kier molecular flexibility index (Phi) is 3.59. The van der Waals surface area contributed by atoms with Crippen molar-refractivity contribution in [3.05, 3.63) is 39.9 Å². The number of Topliss-reactive ketones (excluding diaryl/α,β-unsaturated/α-hetero) is 1. The molecule has 1 aromatic carbocycles. The number of anilines is 1. The minimum Gasteiger partial charge on any atom is -0.300 e. The van der Waals surface area contributed by atoms with Gasteiger partial charge in [-0.15, -0.1) is 11.6 Å². The standard InChI is InChI=1S/C13H11BrClNO2/c1-7(5-15)6-16-11-8(2)3-9(14)4-10(11)12(17)13(16)18/h3-4H,1,5-6H2,2H3. The summed E-state index contributed by atoms with van der Waals surface area (Å²) in [5, 5.41) is 0. The van der Waals surface area contributed by atoms with E-state index >= 15 is 0 Å². The molecule has 94 valence electrons. The van der Waals surface area contributed by atoms with E-state index in [0.717, 1.165) is 10.0 Å². The van der Waals surface area contributed by atoms with Crippen molar-refractivity contribution in [3.63, 3.8) is 0 Å². The summed E-state index contributed by atoms with van der Waals surface area (Å²) in [6, 6.07) is 3.55. The lowest BCUT2D eigenvalue weighted by atomic mass is 10.1. The summed E-state index contributed by atoms with van der Waals surface area (Å²) in [6.07, 6.45) is 0. The smallest absolute Gasteiger partial charge is 0.299 e. The van der Waals surface area contributed by atoms with Crippen LogP contribution in [0.2, 0.25) is 0 Å². The van der Waals surface area contributed by atoms with E-state index in [1.165, 1.54) is 4.90 Å². The van der Waals surface area contributed by atoms with Crippen molar-refractivity contribution in [3.8, 4) is 0 Å². The zero-order chi connectivity index (χ0) is 13.4. The van der Waals surface area contributed by atoms with Gasteiger partial charge in [-0.25, -0.2) is 0 Å². The van der Waals surface area contributed by atoms with Crippen LogP contribution in [0.4, 0.5) is 5.69 Å². The summed E-state index contributed by atoms with van der Waals surface area (Å²) in [4.78, 5) is 25.3. The maximum absolute atomic E-state index is 12.0. The van der Waals surface area contributed by atoms with Crippen molar-refractivity contribution in [1.29, 1.82) is 0 Å². The molecule has 1 aliphatic heterocycles. The summed E-state index contributed by atoms with van der Waals surface area (Å²) >= 11 is 9.00. The maximum Gasteiger partial charge on any atom is 0.299 e. The van der Waals surface area contributed by atoms with Crippen molar-refractivity contribution < 1.29 is 9.59 Å². The number of ketones is 1. The van der Waals surface area contributed by atoms with Crippen LogP contribution in [0.15, 0.2) is 28.8 Å². The summed E-state index contributed by atoms with van der Waals surface area (Å²) in [5.41, 5.74) is 2.68. The molecule has 1 aromatic rings. The molecule has 0 fully saturated rings. The minimum absolute atomic E-state index is 0.267. The van der Waals surface area contributed by atoms with Crippen LogP contribution < -0.4 is 4.90 Å². The number of nitrogens with zero attached hydrogens (tertiary/aromatic N) is 1. The maximum atomic E-state index is 12.0. The molecule has 2 rings (SSSR count). The van der Waals surface area contributed by atoms with E-state index in [2.05, 4.69) is 22.5 Å². The highest BCUT2D eigenvalue weighted by Crippen LogP contribution is 2.35. The van der Waals surface area contributed by atoms with E-state index in [-0.39, 0.29) is 12.4 Å². The molecule has 0 bridgehead atoms. The lowest BCUT2D eigenvalue weighted by molar-refractivity contribution is -0.114. The van der Waals surface area contributed by atoms with Gasteiger partial charge in [-0.05, 0) is 30.2 Å². The van der Waals surface area contributed by atoms with Crippen LogP contribution >= 0.6 is 27.5 Å². The van der Waals surface area contributed by atoms with E-state index in [4.69, 9.17) is 11.6 Å². The second-order valence-electron chi connectivity index (χ2n) is 4.22. The average molecular weight is 329 g/mol. The highest BCUT2D eigenvalue weighted by Gasteiger charge is 2.37. The van der Waals surface area contributed by atoms with Crippen LogP contribution in [0.25, 0.3) is 0 Å². The molecule has 0 unspecified atom stereocenters. The molecule has 0 aliphatic carbocycles. The van der Waals surface area contributed by atoms with Crippen LogP contribution in [-0.4, -0.2) is 24.1 Å². The molecule has 1 heterocycles. The van der Waals surface area contributed by atoms with Gasteiger partial charge < -0.3 is 4.90 Å². The van der Waals surface area contributed by atoms with E-state index in [1.807, 2.05) is 13.0 Å². The largest absolute Gasteiger partial charge is 0.300 e. The number of fused-ring (bicyclic) bond motifs is 1. The fourth-order valence-corrected chi connectivity index (χ4v) is 2.68. The monoisotopic (exact) mass is 327 g/mol. The number of hydrogen-bond acceptors (Lipinski definition) is 2. The first kappa shape index (κ1) is 13.3. The van der Waals surface area contributed by atoms with Crippen LogP contribution in [0.3, 0.4) is 0 Å². The van der Waals surface area contributed by atoms with Gasteiger partial charge in [0, 0.05) is 16.9 Å². The number of halogens is 2. The van der Waals surface area contributed by atoms with Gasteiger partial charge in [0.15, 0.2) is 0 Å². The molecule has 0 N–H and O–H groups in total. The fraction of sp³-hybridized carbons (Fsp3) is 0.231. The number of carbonyl (C=O) groups is 2. The normalized spacial score (nSPS) is 14.1. The molecule has 0 radical (unpaired) electrons. The molecule has 0 saturated carbocycles. The number of carbonyl (C=O) groups excluding carboxylic acids is 2. The third-order valence-electron chi connectivity index (χ3n) is 2.79. The third kappa shape index (κ3) is 2.10. The van der Waals surface area contributed by atoms with Crippen LogP contribution in [0, 0.1) is 6.92 Å². The van der Waals surface area contributed by atoms with Crippen LogP contribution in [0.1, 0.15) is 15.9 Å². The van der Waals surface area contributed by atoms with Gasteiger partial charge in [-0.3, -0.25) is 9.59 Å². The molecule has 5 heteroatoms. The quantitative estimate of drug-likeness (QED) is 0.486. The summed E-state index contributed by atoms with van der Waals surface area (Å²) < 4.78 is 0.790. The molecule has 0 spiro atoms. The molecule has 3 nitrogen and oxygen atoms in total. The van der Waals surface area contributed by atoms with Crippen molar-refractivity contribution >= 4 is 44.9 Å². The SMILES string of the molecule is C=C(CCl)CN1C(=O)C(=O)c2cc(Br)cc(C)c21. The van der Waals surface area contributed by atoms with Crippen LogP contribution in [0.5, 0.6) is 0 Å². The lowest BCUT2D eigenvalue weighted by Gasteiger charge is -2.19. The van der Waals surface area contributed by atoms with Gasteiger partial charge in [0.1, 0.15) is 0 Å². The molecule has 1 amide bonds. The first-order chi connectivity index (χ1) is 8.45. The van der Waals surface area contributed by atoms with Gasteiger partial charge in [0.2, 0.25) is 0 Å². The Bertz CT molecular complexity index is 568. The first-order valence-electron chi connectivity index (χ1n) is 5.34. The van der Waals surface area contributed by atoms with Gasteiger partial charge in [-0.1, -0.05) is 22.5 Å². The zero-order valence-corrected chi connectivity index (χ0v) is 12.1. The van der Waals surface area contributed by atoms with Gasteiger partial charge in [-0.2, -0.15) is 0 Å². The van der Waals surface area contributed by atoms with E-state index in [1.54, 1.807) is 6.07 Å². The van der Waals surface area contributed by atoms with E-state index in [0.29, 0.717) is 16.8 Å². The Morgan fingerprint density at radius 3 is 2.72 bits per heavy atom. The molecular formula is C13H11BrClNO2. The topological polar surface area (TPSA) is 37.4 Å². The highest BCUT2D eigenvalue weighted by molar-refractivity contribution is 9.10. The summed E-state index contributed by atoms with van der Waals surface area (Å²) in [5.74, 6) is -0.725. The van der Waals surface area contributed by atoms with Gasteiger partial charge >= 0.3 is 0 Å². The Morgan fingerprint density at radius 2 is 2.11 bits per heavy atom. The molecule has 1 aliphatic rings. The Hall–Kier alpha value is -1.13. The van der Waals surface area contributed by atoms with Crippen LogP contribution in [-0.2, 0) is 4.79 Å². The number of rotatable bonds is 3. The molecule has 0 saturated heterocycles. The number of hydrogen-bond donors (Lipinski definition) is 0. The first-order valence-corrected chi connectivity index (χ1v) is 6.67. The summed E-state index contributed by atoms with van der Waals surface area (Å²) in [7, 11) is 0. The molecule has 0 aromatic heterocycles. The van der Waals surface area contributed by atoms with Crippen molar-refractivity contribution in [1.82, 2.24) is 0 Å². The zero-order valence-electron chi connectivity index (χ0n) is 9.80. The Labute approximate surface area is 119 Å². The summed E-state index contributed by atoms with van der Waals surface area (Å²) in [6.45, 7) is 5.92. The predicted molar refractivity (Wildman–Crippen MR) is 75.4 cm³/mol. The third-order valence-corrected chi connectivity index (χ3v) is 3.63. The second kappa shape index (κ2) is 4.86. The van der Waals surface area contributed by atoms with E-state index in [9.17, 15) is 9.59 Å². The Morgan fingerprint density at radius 1 is 1.44 bits per heavy atom. The molecule has 0 atom stereocenters. The molecule has 18 heavy (non-hydrogen) atoms. The van der Waals surface area contributed by atoms with Gasteiger partial charge in [0.25, 0.3) is 11.7 Å². The predicted octanol–water partition coefficient (Wildman–Crippen LogP) is 3.08. The van der Waals surface area contributed by atoms with Crippen molar-refractivity contribution in [2.45, 2.75) is 6.92 Å². The average Bonchev–Trinajstić information content (AvgIpc) is 2.54. The second-order valence-corrected chi connectivity index (χ2v) is 5.41. The highest BCUT2D eigenvalue weighted by atomic mass is 79.9.